The van der Waals surface area contributed by atoms with Gasteiger partial charge in [0.05, 0.1) is 10.7 Å². The van der Waals surface area contributed by atoms with Gasteiger partial charge < -0.3 is 10.6 Å². The second-order valence-electron chi connectivity index (χ2n) is 5.51. The molecule has 2 nitrogen and oxygen atoms in total. The number of hydrogen-bond donors (Lipinski definition) is 1. The number of halogens is 1. The summed E-state index contributed by atoms with van der Waals surface area (Å²) in [7, 11) is 0. The maximum Gasteiger partial charge on any atom is 0.0642 e. The standard InChI is InChI=1S/C15H23ClN2/c1-11(17)9-13-6-7-15(14(16)10-13)18-8-4-3-5-12(18)2/h6-7,10-12H,3-5,8-9,17H2,1-2H3. The summed E-state index contributed by atoms with van der Waals surface area (Å²) >= 11 is 6.43. The number of nitrogens with zero attached hydrogens (tertiary/aromatic N) is 1. The second-order valence-corrected chi connectivity index (χ2v) is 5.91. The molecule has 18 heavy (non-hydrogen) atoms. The van der Waals surface area contributed by atoms with Crippen molar-refractivity contribution in [3.8, 4) is 0 Å². The average molecular weight is 267 g/mol. The van der Waals surface area contributed by atoms with Gasteiger partial charge in [0.25, 0.3) is 0 Å². The summed E-state index contributed by atoms with van der Waals surface area (Å²) in [6.45, 7) is 5.42. The van der Waals surface area contributed by atoms with Crippen LogP contribution >= 0.6 is 11.6 Å². The number of piperidine rings is 1. The van der Waals surface area contributed by atoms with Gasteiger partial charge in [-0.2, -0.15) is 0 Å². The van der Waals surface area contributed by atoms with Crippen LogP contribution in [0.2, 0.25) is 5.02 Å². The fourth-order valence-electron chi connectivity index (χ4n) is 2.74. The van der Waals surface area contributed by atoms with Gasteiger partial charge in [0.2, 0.25) is 0 Å². The van der Waals surface area contributed by atoms with E-state index in [1.165, 1.54) is 30.5 Å². The van der Waals surface area contributed by atoms with Crippen LogP contribution in [-0.4, -0.2) is 18.6 Å². The van der Waals surface area contributed by atoms with Gasteiger partial charge in [0, 0.05) is 18.6 Å². The molecule has 0 bridgehead atoms. The molecule has 0 aliphatic carbocycles. The van der Waals surface area contributed by atoms with Crippen molar-refractivity contribution in [2.45, 2.75) is 51.6 Å². The summed E-state index contributed by atoms with van der Waals surface area (Å²) in [6, 6.07) is 7.16. The van der Waals surface area contributed by atoms with E-state index in [-0.39, 0.29) is 6.04 Å². The van der Waals surface area contributed by atoms with E-state index in [0.717, 1.165) is 18.0 Å². The van der Waals surface area contributed by atoms with Crippen LogP contribution in [0.25, 0.3) is 0 Å². The molecular weight excluding hydrogens is 244 g/mol. The smallest absolute Gasteiger partial charge is 0.0642 e. The molecule has 0 amide bonds. The predicted molar refractivity (Wildman–Crippen MR) is 79.5 cm³/mol. The third-order valence-corrected chi connectivity index (χ3v) is 3.98. The molecule has 2 atom stereocenters. The van der Waals surface area contributed by atoms with E-state index in [1.54, 1.807) is 0 Å². The quantitative estimate of drug-likeness (QED) is 0.906. The lowest BCUT2D eigenvalue weighted by Gasteiger charge is -2.36. The van der Waals surface area contributed by atoms with Crippen molar-refractivity contribution < 1.29 is 0 Å². The van der Waals surface area contributed by atoms with E-state index in [4.69, 9.17) is 17.3 Å². The fourth-order valence-corrected chi connectivity index (χ4v) is 3.05. The fraction of sp³-hybridized carbons (Fsp3) is 0.600. The van der Waals surface area contributed by atoms with Crippen molar-refractivity contribution in [1.82, 2.24) is 0 Å². The molecule has 0 spiro atoms. The zero-order valence-electron chi connectivity index (χ0n) is 11.3. The van der Waals surface area contributed by atoms with Gasteiger partial charge in [-0.05, 0) is 57.2 Å². The first kappa shape index (κ1) is 13.7. The van der Waals surface area contributed by atoms with Crippen LogP contribution in [0.5, 0.6) is 0 Å². The maximum absolute atomic E-state index is 6.43. The highest BCUT2D eigenvalue weighted by atomic mass is 35.5. The molecule has 1 aromatic carbocycles. The number of hydrogen-bond acceptors (Lipinski definition) is 2. The Bertz CT molecular complexity index is 403. The van der Waals surface area contributed by atoms with Crippen LogP contribution in [0.4, 0.5) is 5.69 Å². The normalized spacial score (nSPS) is 22.0. The minimum atomic E-state index is 0.181. The Hall–Kier alpha value is -0.730. The molecule has 1 aromatic rings. The molecule has 1 aliphatic heterocycles. The van der Waals surface area contributed by atoms with E-state index in [2.05, 4.69) is 30.0 Å². The number of anilines is 1. The highest BCUT2D eigenvalue weighted by Crippen LogP contribution is 2.32. The topological polar surface area (TPSA) is 29.3 Å². The summed E-state index contributed by atoms with van der Waals surface area (Å²) in [5.41, 5.74) is 8.23. The zero-order valence-corrected chi connectivity index (χ0v) is 12.1. The molecule has 1 saturated heterocycles. The summed E-state index contributed by atoms with van der Waals surface area (Å²) in [6.07, 6.45) is 4.74. The van der Waals surface area contributed by atoms with Crippen LogP contribution in [0.3, 0.4) is 0 Å². The van der Waals surface area contributed by atoms with Gasteiger partial charge in [0.15, 0.2) is 0 Å². The molecule has 3 heteroatoms. The Morgan fingerprint density at radius 1 is 1.44 bits per heavy atom. The highest BCUT2D eigenvalue weighted by Gasteiger charge is 2.20. The van der Waals surface area contributed by atoms with Crippen molar-refractivity contribution in [2.24, 2.45) is 5.73 Å². The lowest BCUT2D eigenvalue weighted by Crippen LogP contribution is -2.37. The molecule has 1 heterocycles. The largest absolute Gasteiger partial charge is 0.368 e. The number of nitrogens with two attached hydrogens (primary N) is 1. The minimum Gasteiger partial charge on any atom is -0.368 e. The zero-order chi connectivity index (χ0) is 13.1. The first-order valence-corrected chi connectivity index (χ1v) is 7.26. The molecular formula is C15H23ClN2. The first-order chi connectivity index (χ1) is 8.58. The Morgan fingerprint density at radius 2 is 2.22 bits per heavy atom. The molecule has 1 aliphatic rings. The number of benzene rings is 1. The van der Waals surface area contributed by atoms with Crippen molar-refractivity contribution in [3.63, 3.8) is 0 Å². The van der Waals surface area contributed by atoms with Crippen LogP contribution in [0.1, 0.15) is 38.7 Å². The molecule has 0 saturated carbocycles. The molecule has 2 N–H and O–H groups in total. The van der Waals surface area contributed by atoms with Gasteiger partial charge >= 0.3 is 0 Å². The molecule has 2 rings (SSSR count). The summed E-state index contributed by atoms with van der Waals surface area (Å²) in [5, 5.41) is 0.863. The lowest BCUT2D eigenvalue weighted by atomic mass is 10.0. The average Bonchev–Trinajstić information content (AvgIpc) is 2.30. The van der Waals surface area contributed by atoms with E-state index < -0.39 is 0 Å². The SMILES string of the molecule is CC(N)Cc1ccc(N2CCCCC2C)c(Cl)c1. The van der Waals surface area contributed by atoms with Crippen LogP contribution in [0, 0.1) is 0 Å². The molecule has 1 fully saturated rings. The molecule has 100 valence electrons. The van der Waals surface area contributed by atoms with Crippen molar-refractivity contribution in [3.05, 3.63) is 28.8 Å². The predicted octanol–water partition coefficient (Wildman–Crippen LogP) is 3.61. The Labute approximate surface area is 115 Å². The van der Waals surface area contributed by atoms with Crippen molar-refractivity contribution in [2.75, 3.05) is 11.4 Å². The van der Waals surface area contributed by atoms with Crippen molar-refractivity contribution in [1.29, 1.82) is 0 Å². The van der Waals surface area contributed by atoms with Gasteiger partial charge in [-0.1, -0.05) is 17.7 Å². The van der Waals surface area contributed by atoms with Crippen LogP contribution < -0.4 is 10.6 Å². The Morgan fingerprint density at radius 3 is 2.83 bits per heavy atom. The maximum atomic E-state index is 6.43. The summed E-state index contributed by atoms with van der Waals surface area (Å²) in [4.78, 5) is 2.43. The highest BCUT2D eigenvalue weighted by molar-refractivity contribution is 6.33. The van der Waals surface area contributed by atoms with Crippen LogP contribution in [0.15, 0.2) is 18.2 Å². The summed E-state index contributed by atoms with van der Waals surface area (Å²) in [5.74, 6) is 0. The third-order valence-electron chi connectivity index (χ3n) is 3.68. The van der Waals surface area contributed by atoms with Gasteiger partial charge in [0.1, 0.15) is 0 Å². The van der Waals surface area contributed by atoms with Gasteiger partial charge in [-0.25, -0.2) is 0 Å². The van der Waals surface area contributed by atoms with Crippen LogP contribution in [-0.2, 0) is 6.42 Å². The molecule has 0 radical (unpaired) electrons. The van der Waals surface area contributed by atoms with E-state index in [9.17, 15) is 0 Å². The third kappa shape index (κ3) is 3.18. The van der Waals surface area contributed by atoms with Crippen molar-refractivity contribution >= 4 is 17.3 Å². The Balaban J connectivity index is 2.18. The lowest BCUT2D eigenvalue weighted by molar-refractivity contribution is 0.485. The minimum absolute atomic E-state index is 0.181. The monoisotopic (exact) mass is 266 g/mol. The van der Waals surface area contributed by atoms with E-state index >= 15 is 0 Å². The second kappa shape index (κ2) is 5.94. The van der Waals surface area contributed by atoms with E-state index in [1.807, 2.05) is 6.92 Å². The Kier molecular flexibility index (Phi) is 4.52. The number of rotatable bonds is 3. The van der Waals surface area contributed by atoms with Gasteiger partial charge in [-0.3, -0.25) is 0 Å². The van der Waals surface area contributed by atoms with Gasteiger partial charge in [-0.15, -0.1) is 0 Å². The molecule has 0 aromatic heterocycles. The summed E-state index contributed by atoms with van der Waals surface area (Å²) < 4.78 is 0. The molecule has 2 unspecified atom stereocenters. The van der Waals surface area contributed by atoms with E-state index in [0.29, 0.717) is 6.04 Å². The first-order valence-electron chi connectivity index (χ1n) is 6.88.